The van der Waals surface area contributed by atoms with Crippen LogP contribution in [0.3, 0.4) is 0 Å². The molecule has 3 rings (SSSR count). The maximum absolute atomic E-state index is 10.8. The molecule has 0 aliphatic carbocycles. The summed E-state index contributed by atoms with van der Waals surface area (Å²) < 4.78 is 5.26. The van der Waals surface area contributed by atoms with Crippen LogP contribution in [0, 0.1) is 17.0 Å². The highest BCUT2D eigenvalue weighted by Crippen LogP contribution is 2.28. The fourth-order valence-electron chi connectivity index (χ4n) is 2.35. The van der Waals surface area contributed by atoms with E-state index in [4.69, 9.17) is 4.52 Å². The number of hydrogen-bond acceptors (Lipinski definition) is 6. The molecule has 1 N–H and O–H groups in total. The highest BCUT2D eigenvalue weighted by atomic mass is 16.6. The molecule has 0 spiro atoms. The van der Waals surface area contributed by atoms with Crippen molar-refractivity contribution in [3.8, 4) is 11.4 Å². The Kier molecular flexibility index (Phi) is 3.19. The molecule has 1 aromatic heterocycles. The molecule has 1 aliphatic heterocycles. The molecule has 1 atom stereocenters. The van der Waals surface area contributed by atoms with Crippen LogP contribution in [0.25, 0.3) is 11.4 Å². The fourth-order valence-corrected chi connectivity index (χ4v) is 2.35. The molecule has 0 radical (unpaired) electrons. The van der Waals surface area contributed by atoms with Crippen molar-refractivity contribution in [2.75, 3.05) is 6.54 Å². The van der Waals surface area contributed by atoms with E-state index in [9.17, 15) is 10.1 Å². The molecule has 0 bridgehead atoms. The lowest BCUT2D eigenvalue weighted by molar-refractivity contribution is -0.384. The summed E-state index contributed by atoms with van der Waals surface area (Å²) in [7, 11) is 0. The fraction of sp³-hybridized carbons (Fsp3) is 0.385. The van der Waals surface area contributed by atoms with Crippen LogP contribution < -0.4 is 5.32 Å². The first-order chi connectivity index (χ1) is 9.65. The Morgan fingerprint density at radius 3 is 3.05 bits per heavy atom. The van der Waals surface area contributed by atoms with Crippen LogP contribution in [0.15, 0.2) is 22.7 Å². The zero-order valence-electron chi connectivity index (χ0n) is 11.0. The molecule has 104 valence electrons. The molecule has 1 aromatic carbocycles. The van der Waals surface area contributed by atoms with Gasteiger partial charge in [-0.2, -0.15) is 4.98 Å². The summed E-state index contributed by atoms with van der Waals surface area (Å²) in [4.78, 5) is 14.8. The molecule has 2 heterocycles. The van der Waals surface area contributed by atoms with Crippen LogP contribution in [-0.2, 0) is 0 Å². The third-order valence-corrected chi connectivity index (χ3v) is 3.47. The van der Waals surface area contributed by atoms with Crippen molar-refractivity contribution in [3.63, 3.8) is 0 Å². The number of nitrogens with zero attached hydrogens (tertiary/aromatic N) is 3. The monoisotopic (exact) mass is 274 g/mol. The maximum Gasteiger partial charge on any atom is 0.270 e. The van der Waals surface area contributed by atoms with Gasteiger partial charge >= 0.3 is 0 Å². The normalized spacial score (nSPS) is 18.4. The summed E-state index contributed by atoms with van der Waals surface area (Å²) in [6.45, 7) is 2.81. The lowest BCUT2D eigenvalue weighted by Gasteiger charge is -2.02. The molecular weight excluding hydrogens is 260 g/mol. The zero-order valence-corrected chi connectivity index (χ0v) is 11.0. The quantitative estimate of drug-likeness (QED) is 0.682. The second-order valence-corrected chi connectivity index (χ2v) is 4.86. The lowest BCUT2D eigenvalue weighted by Crippen LogP contribution is -2.12. The molecule has 1 fully saturated rings. The van der Waals surface area contributed by atoms with Gasteiger partial charge in [0, 0.05) is 17.7 Å². The van der Waals surface area contributed by atoms with Gasteiger partial charge in [0.1, 0.15) is 0 Å². The van der Waals surface area contributed by atoms with Gasteiger partial charge in [-0.05, 0) is 31.9 Å². The number of hydrogen-bond donors (Lipinski definition) is 1. The van der Waals surface area contributed by atoms with Gasteiger partial charge in [0.2, 0.25) is 11.7 Å². The van der Waals surface area contributed by atoms with Gasteiger partial charge < -0.3 is 9.84 Å². The predicted octanol–water partition coefficient (Wildman–Crippen LogP) is 2.38. The highest BCUT2D eigenvalue weighted by molar-refractivity contribution is 5.63. The van der Waals surface area contributed by atoms with Crippen molar-refractivity contribution in [1.29, 1.82) is 0 Å². The summed E-state index contributed by atoms with van der Waals surface area (Å²) in [6, 6.07) is 4.73. The Balaban J connectivity index is 1.96. The van der Waals surface area contributed by atoms with E-state index in [2.05, 4.69) is 15.5 Å². The molecular formula is C13H14N4O3. The summed E-state index contributed by atoms with van der Waals surface area (Å²) in [5.74, 6) is 0.943. The van der Waals surface area contributed by atoms with Gasteiger partial charge in [0.05, 0.1) is 11.0 Å². The van der Waals surface area contributed by atoms with Crippen LogP contribution in [0.2, 0.25) is 0 Å². The second-order valence-electron chi connectivity index (χ2n) is 4.86. The first-order valence-electron chi connectivity index (χ1n) is 6.47. The number of rotatable bonds is 3. The van der Waals surface area contributed by atoms with Gasteiger partial charge in [0.15, 0.2) is 0 Å². The van der Waals surface area contributed by atoms with E-state index in [1.54, 1.807) is 6.07 Å². The average Bonchev–Trinajstić information content (AvgIpc) is 3.10. The molecule has 7 heteroatoms. The van der Waals surface area contributed by atoms with Gasteiger partial charge in [0.25, 0.3) is 5.69 Å². The molecule has 0 amide bonds. The molecule has 0 saturated carbocycles. The molecule has 1 aliphatic rings. The smallest absolute Gasteiger partial charge is 0.270 e. The highest BCUT2D eigenvalue weighted by Gasteiger charge is 2.23. The van der Waals surface area contributed by atoms with Crippen LogP contribution in [0.4, 0.5) is 5.69 Å². The van der Waals surface area contributed by atoms with Gasteiger partial charge in [-0.15, -0.1) is 0 Å². The molecule has 2 aromatic rings. The zero-order chi connectivity index (χ0) is 14.1. The topological polar surface area (TPSA) is 94.1 Å². The number of nitro benzene ring substituents is 1. The Morgan fingerprint density at radius 1 is 1.50 bits per heavy atom. The molecule has 7 nitrogen and oxygen atoms in total. The van der Waals surface area contributed by atoms with Crippen molar-refractivity contribution >= 4 is 5.69 Å². The van der Waals surface area contributed by atoms with Crippen molar-refractivity contribution < 1.29 is 9.45 Å². The summed E-state index contributed by atoms with van der Waals surface area (Å²) >= 11 is 0. The second kappa shape index (κ2) is 5.01. The van der Waals surface area contributed by atoms with Gasteiger partial charge in [-0.25, -0.2) is 0 Å². The number of nitrogens with one attached hydrogen (secondary N) is 1. The number of aromatic nitrogens is 2. The third-order valence-electron chi connectivity index (χ3n) is 3.47. The van der Waals surface area contributed by atoms with E-state index in [1.807, 2.05) is 6.92 Å². The standard InChI is InChI=1S/C13H14N4O3/c1-8-4-5-9(17(18)19)7-10(8)12-15-13(20-16-12)11-3-2-6-14-11/h4-5,7,11,14H,2-3,6H2,1H3. The average molecular weight is 274 g/mol. The summed E-state index contributed by atoms with van der Waals surface area (Å²) in [5.41, 5.74) is 1.53. The van der Waals surface area contributed by atoms with E-state index >= 15 is 0 Å². The van der Waals surface area contributed by atoms with Crippen LogP contribution in [0.5, 0.6) is 0 Å². The van der Waals surface area contributed by atoms with E-state index in [0.717, 1.165) is 24.9 Å². The Bertz CT molecular complexity index is 647. The SMILES string of the molecule is Cc1ccc([N+](=O)[O-])cc1-c1noc(C2CCCN2)n1. The van der Waals surface area contributed by atoms with Crippen LogP contribution >= 0.6 is 0 Å². The number of aryl methyl sites for hydroxylation is 1. The number of nitro groups is 1. The predicted molar refractivity (Wildman–Crippen MR) is 71.1 cm³/mol. The largest absolute Gasteiger partial charge is 0.337 e. The van der Waals surface area contributed by atoms with Crippen LogP contribution in [-0.4, -0.2) is 21.6 Å². The molecule has 1 unspecified atom stereocenters. The Hall–Kier alpha value is -2.28. The minimum absolute atomic E-state index is 0.0240. The summed E-state index contributed by atoms with van der Waals surface area (Å²) in [5, 5.41) is 18.1. The van der Waals surface area contributed by atoms with Crippen molar-refractivity contribution in [2.45, 2.75) is 25.8 Å². The van der Waals surface area contributed by atoms with E-state index < -0.39 is 4.92 Å². The van der Waals surface area contributed by atoms with Crippen molar-refractivity contribution in [2.24, 2.45) is 0 Å². The Labute approximate surface area is 115 Å². The maximum atomic E-state index is 10.8. The minimum Gasteiger partial charge on any atom is -0.337 e. The third kappa shape index (κ3) is 2.27. The molecule has 20 heavy (non-hydrogen) atoms. The Morgan fingerprint density at radius 2 is 2.35 bits per heavy atom. The number of non-ortho nitro benzene ring substituents is 1. The minimum atomic E-state index is -0.428. The molecule has 1 saturated heterocycles. The van der Waals surface area contributed by atoms with Crippen LogP contribution in [0.1, 0.15) is 30.3 Å². The summed E-state index contributed by atoms with van der Waals surface area (Å²) in [6.07, 6.45) is 2.05. The van der Waals surface area contributed by atoms with Gasteiger partial charge in [-0.3, -0.25) is 10.1 Å². The first-order valence-corrected chi connectivity index (χ1v) is 6.47. The first kappa shape index (κ1) is 12.7. The van der Waals surface area contributed by atoms with Gasteiger partial charge in [-0.1, -0.05) is 11.2 Å². The number of benzene rings is 1. The van der Waals surface area contributed by atoms with E-state index in [-0.39, 0.29) is 11.7 Å². The lowest BCUT2D eigenvalue weighted by atomic mass is 10.1. The van der Waals surface area contributed by atoms with Crippen molar-refractivity contribution in [1.82, 2.24) is 15.5 Å². The van der Waals surface area contributed by atoms with E-state index in [0.29, 0.717) is 17.3 Å². The van der Waals surface area contributed by atoms with E-state index in [1.165, 1.54) is 12.1 Å². The van der Waals surface area contributed by atoms with Crippen molar-refractivity contribution in [3.05, 3.63) is 39.8 Å².